The normalized spacial score (nSPS) is 25.1. The van der Waals surface area contributed by atoms with Crippen molar-refractivity contribution in [2.45, 2.75) is 57.7 Å². The molecule has 0 aromatic rings. The van der Waals surface area contributed by atoms with Gasteiger partial charge < -0.3 is 10.0 Å². The van der Waals surface area contributed by atoms with E-state index in [9.17, 15) is 14.3 Å². The van der Waals surface area contributed by atoms with E-state index in [-0.39, 0.29) is 19.0 Å². The van der Waals surface area contributed by atoms with Gasteiger partial charge in [0.1, 0.15) is 12.3 Å². The second-order valence-electron chi connectivity index (χ2n) is 4.55. The third-order valence-electron chi connectivity index (χ3n) is 3.07. The van der Waals surface area contributed by atoms with Crippen LogP contribution in [0.25, 0.3) is 0 Å². The number of rotatable bonds is 6. The van der Waals surface area contributed by atoms with Crippen molar-refractivity contribution in [2.75, 3.05) is 13.1 Å². The first-order valence-electron chi connectivity index (χ1n) is 6.25. The molecule has 1 heterocycles. The molecule has 3 nitrogen and oxygen atoms in total. The standard InChI is InChI=1S/C12H22FNO2/c1-2-3-4-5-6-7-12(16)14-8-10(13)11(15)9-14/h10-11,15H,2-9H2,1H3/t10-,11-/m1/s1. The molecule has 0 bridgehead atoms. The summed E-state index contributed by atoms with van der Waals surface area (Å²) in [5, 5.41) is 9.19. The Labute approximate surface area is 96.6 Å². The Morgan fingerprint density at radius 3 is 2.56 bits per heavy atom. The van der Waals surface area contributed by atoms with Crippen LogP contribution < -0.4 is 0 Å². The highest BCUT2D eigenvalue weighted by molar-refractivity contribution is 5.76. The van der Waals surface area contributed by atoms with Gasteiger partial charge in [0.05, 0.1) is 6.54 Å². The molecular weight excluding hydrogens is 209 g/mol. The van der Waals surface area contributed by atoms with Crippen molar-refractivity contribution >= 4 is 5.91 Å². The van der Waals surface area contributed by atoms with Gasteiger partial charge in [0.15, 0.2) is 0 Å². The van der Waals surface area contributed by atoms with Gasteiger partial charge in [0.25, 0.3) is 0 Å². The molecule has 4 heteroatoms. The van der Waals surface area contributed by atoms with Gasteiger partial charge in [-0.05, 0) is 6.42 Å². The summed E-state index contributed by atoms with van der Waals surface area (Å²) in [7, 11) is 0. The van der Waals surface area contributed by atoms with Crippen LogP contribution in [0.2, 0.25) is 0 Å². The van der Waals surface area contributed by atoms with E-state index in [0.29, 0.717) is 6.42 Å². The maximum Gasteiger partial charge on any atom is 0.222 e. The number of halogens is 1. The van der Waals surface area contributed by atoms with Crippen molar-refractivity contribution in [3.05, 3.63) is 0 Å². The summed E-state index contributed by atoms with van der Waals surface area (Å²) >= 11 is 0. The van der Waals surface area contributed by atoms with Gasteiger partial charge in [-0.2, -0.15) is 0 Å². The van der Waals surface area contributed by atoms with Crippen molar-refractivity contribution in [3.8, 4) is 0 Å². The first kappa shape index (κ1) is 13.4. The largest absolute Gasteiger partial charge is 0.388 e. The lowest BCUT2D eigenvalue weighted by atomic mass is 10.1. The predicted octanol–water partition coefficient (Wildman–Crippen LogP) is 1.89. The zero-order valence-electron chi connectivity index (χ0n) is 9.99. The molecule has 0 radical (unpaired) electrons. The minimum atomic E-state index is -1.26. The number of hydrogen-bond acceptors (Lipinski definition) is 2. The first-order chi connectivity index (χ1) is 7.65. The zero-order valence-corrected chi connectivity index (χ0v) is 9.99. The van der Waals surface area contributed by atoms with Gasteiger partial charge in [0.2, 0.25) is 5.91 Å². The molecule has 1 amide bonds. The SMILES string of the molecule is CCCCCCCC(=O)N1C[C@@H](O)[C@H](F)C1. The van der Waals surface area contributed by atoms with Crippen LogP contribution in [-0.2, 0) is 4.79 Å². The molecule has 2 atom stereocenters. The highest BCUT2D eigenvalue weighted by atomic mass is 19.1. The second kappa shape index (κ2) is 6.84. The van der Waals surface area contributed by atoms with Crippen molar-refractivity contribution < 1.29 is 14.3 Å². The fourth-order valence-electron chi connectivity index (χ4n) is 1.99. The number of carbonyl (C=O) groups excluding carboxylic acids is 1. The molecular formula is C12H22FNO2. The fourth-order valence-corrected chi connectivity index (χ4v) is 1.99. The summed E-state index contributed by atoms with van der Waals surface area (Å²) in [4.78, 5) is 13.1. The summed E-state index contributed by atoms with van der Waals surface area (Å²) in [5.41, 5.74) is 0. The van der Waals surface area contributed by atoms with Crippen molar-refractivity contribution in [1.82, 2.24) is 4.90 Å². The molecule has 16 heavy (non-hydrogen) atoms. The number of nitrogens with zero attached hydrogens (tertiary/aromatic N) is 1. The highest BCUT2D eigenvalue weighted by Gasteiger charge is 2.33. The van der Waals surface area contributed by atoms with Gasteiger partial charge in [-0.1, -0.05) is 32.6 Å². The van der Waals surface area contributed by atoms with Crippen LogP contribution in [-0.4, -0.2) is 41.3 Å². The molecule has 1 saturated heterocycles. The molecule has 1 aliphatic heterocycles. The Morgan fingerprint density at radius 1 is 1.31 bits per heavy atom. The van der Waals surface area contributed by atoms with Crippen LogP contribution in [0.4, 0.5) is 4.39 Å². The van der Waals surface area contributed by atoms with Crippen LogP contribution in [0.15, 0.2) is 0 Å². The summed E-state index contributed by atoms with van der Waals surface area (Å²) in [5.74, 6) is -0.0179. The molecule has 1 fully saturated rings. The molecule has 0 aromatic heterocycles. The zero-order chi connectivity index (χ0) is 12.0. The predicted molar refractivity (Wildman–Crippen MR) is 60.9 cm³/mol. The Hall–Kier alpha value is -0.640. The summed E-state index contributed by atoms with van der Waals surface area (Å²) in [6.45, 7) is 2.38. The fraction of sp³-hybridized carbons (Fsp3) is 0.917. The Kier molecular flexibility index (Phi) is 5.74. The number of likely N-dealkylation sites (tertiary alicyclic amines) is 1. The molecule has 1 N–H and O–H groups in total. The van der Waals surface area contributed by atoms with Crippen LogP contribution in [0.3, 0.4) is 0 Å². The average Bonchev–Trinajstić information content (AvgIpc) is 2.59. The molecule has 0 spiro atoms. The first-order valence-corrected chi connectivity index (χ1v) is 6.25. The molecule has 1 aliphatic rings. The van der Waals surface area contributed by atoms with Crippen molar-refractivity contribution in [3.63, 3.8) is 0 Å². The molecule has 0 saturated carbocycles. The average molecular weight is 231 g/mol. The highest BCUT2D eigenvalue weighted by Crippen LogP contribution is 2.15. The number of unbranched alkanes of at least 4 members (excludes halogenated alkanes) is 4. The lowest BCUT2D eigenvalue weighted by molar-refractivity contribution is -0.130. The van der Waals surface area contributed by atoms with Gasteiger partial charge in [-0.3, -0.25) is 4.79 Å². The number of β-amino-alcohol motifs (C(OH)–C–C–N with tert-alkyl or cyclic N) is 1. The van der Waals surface area contributed by atoms with E-state index in [1.54, 1.807) is 0 Å². The Bertz CT molecular complexity index is 213. The van der Waals surface area contributed by atoms with E-state index in [1.165, 1.54) is 17.7 Å². The summed E-state index contributed by atoms with van der Waals surface area (Å²) in [6.07, 6.45) is 3.76. The monoisotopic (exact) mass is 231 g/mol. The van der Waals surface area contributed by atoms with Crippen molar-refractivity contribution in [1.29, 1.82) is 0 Å². The minimum Gasteiger partial charge on any atom is -0.388 e. The molecule has 94 valence electrons. The quantitative estimate of drug-likeness (QED) is 0.709. The molecule has 0 unspecified atom stereocenters. The van der Waals surface area contributed by atoms with Crippen LogP contribution in [0, 0.1) is 0 Å². The van der Waals surface area contributed by atoms with Gasteiger partial charge in [-0.25, -0.2) is 4.39 Å². The van der Waals surface area contributed by atoms with Crippen LogP contribution >= 0.6 is 0 Å². The molecule has 0 aromatic carbocycles. The lowest BCUT2D eigenvalue weighted by Crippen LogP contribution is -2.29. The van der Waals surface area contributed by atoms with E-state index < -0.39 is 12.3 Å². The third-order valence-corrected chi connectivity index (χ3v) is 3.07. The number of hydrogen-bond donors (Lipinski definition) is 1. The van der Waals surface area contributed by atoms with Crippen LogP contribution in [0.1, 0.15) is 45.4 Å². The van der Waals surface area contributed by atoms with Crippen molar-refractivity contribution in [2.24, 2.45) is 0 Å². The van der Waals surface area contributed by atoms with Gasteiger partial charge in [-0.15, -0.1) is 0 Å². The number of amides is 1. The number of aliphatic hydroxyl groups excluding tert-OH is 1. The number of aliphatic hydroxyl groups is 1. The van der Waals surface area contributed by atoms with E-state index in [4.69, 9.17) is 0 Å². The van der Waals surface area contributed by atoms with Gasteiger partial charge in [0, 0.05) is 13.0 Å². The van der Waals surface area contributed by atoms with E-state index in [0.717, 1.165) is 19.3 Å². The molecule has 1 rings (SSSR count). The maximum absolute atomic E-state index is 13.0. The Morgan fingerprint density at radius 2 is 2.00 bits per heavy atom. The topological polar surface area (TPSA) is 40.5 Å². The lowest BCUT2D eigenvalue weighted by Gasteiger charge is -2.14. The van der Waals surface area contributed by atoms with Gasteiger partial charge >= 0.3 is 0 Å². The van der Waals surface area contributed by atoms with E-state index >= 15 is 0 Å². The maximum atomic E-state index is 13.0. The Balaban J connectivity index is 2.11. The number of carbonyl (C=O) groups is 1. The number of alkyl halides is 1. The minimum absolute atomic E-state index is 0.0179. The smallest absolute Gasteiger partial charge is 0.222 e. The third kappa shape index (κ3) is 4.08. The second-order valence-corrected chi connectivity index (χ2v) is 4.55. The summed E-state index contributed by atoms with van der Waals surface area (Å²) < 4.78 is 13.0. The van der Waals surface area contributed by atoms with Crippen LogP contribution in [0.5, 0.6) is 0 Å². The van der Waals surface area contributed by atoms with E-state index in [2.05, 4.69) is 6.92 Å². The summed E-state index contributed by atoms with van der Waals surface area (Å²) in [6, 6.07) is 0. The van der Waals surface area contributed by atoms with E-state index in [1.807, 2.05) is 0 Å². The molecule has 0 aliphatic carbocycles.